The molecule has 0 amide bonds. The van der Waals surface area contributed by atoms with Gasteiger partial charge in [-0.15, -0.1) is 0 Å². The minimum atomic E-state index is 0.492. The Balaban J connectivity index is 2.47. The van der Waals surface area contributed by atoms with Gasteiger partial charge in [0.2, 0.25) is 0 Å². The molecule has 0 aliphatic heterocycles. The fraction of sp³-hybridized carbons (Fsp3) is 0.357. The lowest BCUT2D eigenvalue weighted by Crippen LogP contribution is -2.13. The van der Waals surface area contributed by atoms with E-state index < -0.39 is 0 Å². The van der Waals surface area contributed by atoms with Crippen LogP contribution in [-0.2, 0) is 0 Å². The van der Waals surface area contributed by atoms with Crippen molar-refractivity contribution in [3.63, 3.8) is 0 Å². The molecule has 1 atom stereocenters. The first kappa shape index (κ1) is 10.9. The summed E-state index contributed by atoms with van der Waals surface area (Å²) in [5.41, 5.74) is 3.51. The summed E-state index contributed by atoms with van der Waals surface area (Å²) in [6.07, 6.45) is 2.98. The van der Waals surface area contributed by atoms with Crippen molar-refractivity contribution in [3.8, 4) is 0 Å². The molecule has 1 N–H and O–H groups in total. The molecule has 2 aromatic rings. The van der Waals surface area contributed by atoms with Gasteiger partial charge in [-0.2, -0.15) is 0 Å². The number of fused-ring (bicyclic) bond motifs is 1. The van der Waals surface area contributed by atoms with E-state index in [1.54, 1.807) is 0 Å². The van der Waals surface area contributed by atoms with Crippen LogP contribution in [0.1, 0.15) is 25.8 Å². The average Bonchev–Trinajstić information content (AvgIpc) is 2.29. The van der Waals surface area contributed by atoms with E-state index in [1.807, 2.05) is 12.3 Å². The smallest absolute Gasteiger partial charge is 0.0722 e. The third-order valence-electron chi connectivity index (χ3n) is 2.91. The number of hydrogen-bond acceptors (Lipinski definition) is 2. The molecule has 0 aliphatic rings. The number of pyridine rings is 1. The van der Waals surface area contributed by atoms with Gasteiger partial charge < -0.3 is 5.32 Å². The molecule has 0 bridgehead atoms. The van der Waals surface area contributed by atoms with E-state index in [9.17, 15) is 0 Å². The van der Waals surface area contributed by atoms with E-state index in [1.165, 1.54) is 16.6 Å². The Morgan fingerprint density at radius 2 is 2.12 bits per heavy atom. The van der Waals surface area contributed by atoms with Gasteiger partial charge in [0.25, 0.3) is 0 Å². The summed E-state index contributed by atoms with van der Waals surface area (Å²) in [4.78, 5) is 4.38. The van der Waals surface area contributed by atoms with Crippen molar-refractivity contribution in [2.75, 3.05) is 5.32 Å². The third-order valence-corrected chi connectivity index (χ3v) is 2.91. The van der Waals surface area contributed by atoms with Crippen LogP contribution in [0.15, 0.2) is 30.5 Å². The van der Waals surface area contributed by atoms with Crippen molar-refractivity contribution in [1.29, 1.82) is 0 Å². The predicted molar refractivity (Wildman–Crippen MR) is 69.9 cm³/mol. The van der Waals surface area contributed by atoms with Crippen LogP contribution in [0.2, 0.25) is 0 Å². The van der Waals surface area contributed by atoms with Gasteiger partial charge in [-0.25, -0.2) is 0 Å². The first-order valence-electron chi connectivity index (χ1n) is 5.82. The van der Waals surface area contributed by atoms with E-state index >= 15 is 0 Å². The molecule has 2 nitrogen and oxygen atoms in total. The highest BCUT2D eigenvalue weighted by molar-refractivity contribution is 5.91. The number of hydrogen-bond donors (Lipinski definition) is 1. The largest absolute Gasteiger partial charge is 0.382 e. The van der Waals surface area contributed by atoms with Crippen molar-refractivity contribution in [1.82, 2.24) is 4.98 Å². The number of benzene rings is 1. The van der Waals surface area contributed by atoms with E-state index in [0.29, 0.717) is 6.04 Å². The minimum absolute atomic E-state index is 0.492. The number of nitrogens with zero attached hydrogens (tertiary/aromatic N) is 1. The van der Waals surface area contributed by atoms with Gasteiger partial charge in [-0.1, -0.05) is 18.6 Å². The lowest BCUT2D eigenvalue weighted by molar-refractivity contribution is 0.765. The zero-order valence-corrected chi connectivity index (χ0v) is 10.1. The second-order valence-electron chi connectivity index (χ2n) is 4.33. The predicted octanol–water partition coefficient (Wildman–Crippen LogP) is 3.75. The van der Waals surface area contributed by atoms with Gasteiger partial charge >= 0.3 is 0 Å². The maximum atomic E-state index is 4.38. The quantitative estimate of drug-likeness (QED) is 0.841. The Hall–Kier alpha value is -1.57. The lowest BCUT2D eigenvalue weighted by atomic mass is 10.1. The van der Waals surface area contributed by atoms with Gasteiger partial charge in [-0.3, -0.25) is 4.98 Å². The molecule has 1 aromatic carbocycles. The normalized spacial score (nSPS) is 12.7. The summed E-state index contributed by atoms with van der Waals surface area (Å²) >= 11 is 0. The Morgan fingerprint density at radius 1 is 1.31 bits per heavy atom. The van der Waals surface area contributed by atoms with Gasteiger partial charge in [0.15, 0.2) is 0 Å². The highest BCUT2D eigenvalue weighted by Gasteiger charge is 2.04. The van der Waals surface area contributed by atoms with E-state index in [-0.39, 0.29) is 0 Å². The molecule has 0 spiro atoms. The number of aromatic nitrogens is 1. The Bertz CT molecular complexity index is 491. The molecule has 1 aromatic heterocycles. The second-order valence-corrected chi connectivity index (χ2v) is 4.33. The number of rotatable bonds is 3. The molecule has 2 heteroatoms. The number of anilines is 1. The SMILES string of the molecule is CCC(C)Nc1ccnc2ccc(C)cc12. The standard InChI is InChI=1S/C14H18N2/c1-4-11(3)16-14-7-8-15-13-6-5-10(2)9-12(13)14/h5-9,11H,4H2,1-3H3,(H,15,16). The van der Waals surface area contributed by atoms with Crippen LogP contribution in [0, 0.1) is 6.92 Å². The van der Waals surface area contributed by atoms with Crippen LogP contribution in [0.3, 0.4) is 0 Å². The van der Waals surface area contributed by atoms with E-state index in [4.69, 9.17) is 0 Å². The maximum Gasteiger partial charge on any atom is 0.0722 e. The van der Waals surface area contributed by atoms with Gasteiger partial charge in [0.05, 0.1) is 5.52 Å². The molecule has 0 saturated heterocycles. The summed E-state index contributed by atoms with van der Waals surface area (Å²) in [5, 5.41) is 4.73. The average molecular weight is 214 g/mol. The summed E-state index contributed by atoms with van der Waals surface area (Å²) in [5.74, 6) is 0. The topological polar surface area (TPSA) is 24.9 Å². The highest BCUT2D eigenvalue weighted by atomic mass is 14.9. The lowest BCUT2D eigenvalue weighted by Gasteiger charge is -2.15. The fourth-order valence-electron chi connectivity index (χ4n) is 1.75. The van der Waals surface area contributed by atoms with Gasteiger partial charge in [0.1, 0.15) is 0 Å². The van der Waals surface area contributed by atoms with Gasteiger partial charge in [-0.05, 0) is 38.5 Å². The first-order chi connectivity index (χ1) is 7.70. The molecular weight excluding hydrogens is 196 g/mol. The zero-order valence-electron chi connectivity index (χ0n) is 10.1. The molecule has 84 valence electrons. The van der Waals surface area contributed by atoms with Crippen molar-refractivity contribution in [2.45, 2.75) is 33.2 Å². The summed E-state index contributed by atoms with van der Waals surface area (Å²) < 4.78 is 0. The maximum absolute atomic E-state index is 4.38. The summed E-state index contributed by atoms with van der Waals surface area (Å²) in [7, 11) is 0. The summed E-state index contributed by atoms with van der Waals surface area (Å²) in [6, 6.07) is 8.90. The van der Waals surface area contributed by atoms with Crippen LogP contribution in [0.5, 0.6) is 0 Å². The highest BCUT2D eigenvalue weighted by Crippen LogP contribution is 2.23. The van der Waals surface area contributed by atoms with Crippen molar-refractivity contribution >= 4 is 16.6 Å². The Labute approximate surface area is 96.7 Å². The molecule has 2 rings (SSSR count). The van der Waals surface area contributed by atoms with Crippen molar-refractivity contribution in [3.05, 3.63) is 36.0 Å². The van der Waals surface area contributed by atoms with Crippen molar-refractivity contribution in [2.24, 2.45) is 0 Å². The van der Waals surface area contributed by atoms with Crippen LogP contribution in [0.25, 0.3) is 10.9 Å². The third kappa shape index (κ3) is 2.16. The first-order valence-corrected chi connectivity index (χ1v) is 5.82. The molecule has 1 unspecified atom stereocenters. The molecule has 0 saturated carbocycles. The molecule has 1 heterocycles. The Morgan fingerprint density at radius 3 is 2.88 bits per heavy atom. The number of aryl methyl sites for hydroxylation is 1. The number of nitrogens with one attached hydrogen (secondary N) is 1. The summed E-state index contributed by atoms with van der Waals surface area (Å²) in [6.45, 7) is 6.49. The molecule has 0 radical (unpaired) electrons. The van der Waals surface area contributed by atoms with Crippen LogP contribution >= 0.6 is 0 Å². The molecule has 0 fully saturated rings. The monoisotopic (exact) mass is 214 g/mol. The molecule has 0 aliphatic carbocycles. The fourth-order valence-corrected chi connectivity index (χ4v) is 1.75. The second kappa shape index (κ2) is 4.52. The van der Waals surface area contributed by atoms with Crippen LogP contribution in [-0.4, -0.2) is 11.0 Å². The van der Waals surface area contributed by atoms with Gasteiger partial charge in [0, 0.05) is 23.3 Å². The minimum Gasteiger partial charge on any atom is -0.382 e. The van der Waals surface area contributed by atoms with Crippen molar-refractivity contribution < 1.29 is 0 Å². The van der Waals surface area contributed by atoms with Crippen LogP contribution < -0.4 is 5.32 Å². The zero-order chi connectivity index (χ0) is 11.5. The van der Waals surface area contributed by atoms with E-state index in [2.05, 4.69) is 49.3 Å². The van der Waals surface area contributed by atoms with E-state index in [0.717, 1.165) is 11.9 Å². The van der Waals surface area contributed by atoms with Crippen LogP contribution in [0.4, 0.5) is 5.69 Å². The Kier molecular flexibility index (Phi) is 3.09. The molecule has 16 heavy (non-hydrogen) atoms. The molecular formula is C14H18N2.